The smallest absolute Gasteiger partial charge is 0.262 e. The van der Waals surface area contributed by atoms with E-state index in [1.165, 1.54) is 11.3 Å². The van der Waals surface area contributed by atoms with Crippen LogP contribution in [0, 0.1) is 5.92 Å². The van der Waals surface area contributed by atoms with E-state index in [4.69, 9.17) is 4.42 Å². The Morgan fingerprint density at radius 2 is 2.14 bits per heavy atom. The monoisotopic (exact) mass is 306 g/mol. The standard InChI is InChI=1S/C15H18N2O3S/c1-10(2)13(17-14(18)12-4-3-7-21-12)15(19)16-8-11-5-6-20-9-11/h3-7,9-10,13H,8H2,1-2H3,(H,16,19)(H,17,18)/t13-/m0/s1. The van der Waals surface area contributed by atoms with Gasteiger partial charge in [0.15, 0.2) is 0 Å². The Hall–Kier alpha value is -2.08. The molecule has 0 fully saturated rings. The van der Waals surface area contributed by atoms with Crippen molar-refractivity contribution >= 4 is 23.2 Å². The predicted molar refractivity (Wildman–Crippen MR) is 81.0 cm³/mol. The zero-order valence-electron chi connectivity index (χ0n) is 12.0. The molecule has 2 amide bonds. The van der Waals surface area contributed by atoms with Crippen molar-refractivity contribution in [3.63, 3.8) is 0 Å². The fraction of sp³-hybridized carbons (Fsp3) is 0.333. The Balaban J connectivity index is 1.94. The highest BCUT2D eigenvalue weighted by Gasteiger charge is 2.24. The highest BCUT2D eigenvalue weighted by molar-refractivity contribution is 7.12. The average Bonchev–Trinajstić information content (AvgIpc) is 3.13. The Morgan fingerprint density at radius 3 is 2.71 bits per heavy atom. The summed E-state index contributed by atoms with van der Waals surface area (Å²) in [6.07, 6.45) is 3.13. The van der Waals surface area contributed by atoms with Crippen LogP contribution in [0.1, 0.15) is 29.1 Å². The van der Waals surface area contributed by atoms with Crippen LogP contribution >= 0.6 is 11.3 Å². The summed E-state index contributed by atoms with van der Waals surface area (Å²) < 4.78 is 4.95. The normalized spacial score (nSPS) is 12.1. The molecule has 2 aromatic rings. The van der Waals surface area contributed by atoms with Crippen molar-refractivity contribution in [2.75, 3.05) is 0 Å². The van der Waals surface area contributed by atoms with Gasteiger partial charge in [0.1, 0.15) is 6.04 Å². The maximum Gasteiger partial charge on any atom is 0.262 e. The molecule has 6 heteroatoms. The lowest BCUT2D eigenvalue weighted by atomic mass is 10.0. The number of nitrogens with one attached hydrogen (secondary N) is 2. The van der Waals surface area contributed by atoms with Crippen molar-refractivity contribution in [3.8, 4) is 0 Å². The number of carbonyl (C=O) groups excluding carboxylic acids is 2. The fourth-order valence-electron chi connectivity index (χ4n) is 1.85. The second-order valence-corrected chi connectivity index (χ2v) is 5.97. The molecule has 0 aliphatic heterocycles. The molecule has 0 aromatic carbocycles. The van der Waals surface area contributed by atoms with Gasteiger partial charge in [-0.3, -0.25) is 9.59 Å². The number of hydrogen-bond acceptors (Lipinski definition) is 4. The molecule has 0 unspecified atom stereocenters. The number of amides is 2. The van der Waals surface area contributed by atoms with E-state index in [9.17, 15) is 9.59 Å². The number of furan rings is 1. The number of rotatable bonds is 6. The van der Waals surface area contributed by atoms with Crippen LogP contribution in [0.15, 0.2) is 40.5 Å². The molecular formula is C15H18N2O3S. The van der Waals surface area contributed by atoms with Gasteiger partial charge in [-0.05, 0) is 23.4 Å². The Bertz CT molecular complexity index is 576. The van der Waals surface area contributed by atoms with Crippen LogP contribution in [0.25, 0.3) is 0 Å². The summed E-state index contributed by atoms with van der Waals surface area (Å²) in [6.45, 7) is 4.18. The SMILES string of the molecule is CC(C)[C@H](NC(=O)c1cccs1)C(=O)NCc1ccoc1. The first-order valence-corrected chi connectivity index (χ1v) is 7.59. The molecule has 0 spiro atoms. The number of thiophene rings is 1. The quantitative estimate of drug-likeness (QED) is 0.861. The van der Waals surface area contributed by atoms with E-state index < -0.39 is 6.04 Å². The molecule has 5 nitrogen and oxygen atoms in total. The molecule has 0 bridgehead atoms. The Morgan fingerprint density at radius 1 is 1.33 bits per heavy atom. The van der Waals surface area contributed by atoms with E-state index in [0.717, 1.165) is 5.56 Å². The Labute approximate surface area is 127 Å². The molecule has 0 saturated heterocycles. The summed E-state index contributed by atoms with van der Waals surface area (Å²) in [5.41, 5.74) is 0.885. The first kappa shape index (κ1) is 15.3. The number of carbonyl (C=O) groups is 2. The summed E-state index contributed by atoms with van der Waals surface area (Å²) in [5, 5.41) is 7.42. The molecule has 1 atom stereocenters. The number of hydrogen-bond donors (Lipinski definition) is 2. The van der Waals surface area contributed by atoms with Crippen molar-refractivity contribution in [1.29, 1.82) is 0 Å². The Kier molecular flexibility index (Phi) is 5.16. The van der Waals surface area contributed by atoms with Gasteiger partial charge in [0.25, 0.3) is 5.91 Å². The van der Waals surface area contributed by atoms with Gasteiger partial charge in [0, 0.05) is 12.1 Å². The van der Waals surface area contributed by atoms with Gasteiger partial charge < -0.3 is 15.1 Å². The largest absolute Gasteiger partial charge is 0.472 e. The highest BCUT2D eigenvalue weighted by atomic mass is 32.1. The van der Waals surface area contributed by atoms with Gasteiger partial charge in [0.05, 0.1) is 17.4 Å². The summed E-state index contributed by atoms with van der Waals surface area (Å²) in [6, 6.07) is 4.77. The summed E-state index contributed by atoms with van der Waals surface area (Å²) >= 11 is 1.35. The van der Waals surface area contributed by atoms with Crippen LogP contribution in [0.5, 0.6) is 0 Å². The molecule has 2 N–H and O–H groups in total. The van der Waals surface area contributed by atoms with Gasteiger partial charge in [0.2, 0.25) is 5.91 Å². The van der Waals surface area contributed by atoms with Crippen LogP contribution < -0.4 is 10.6 Å². The molecule has 0 radical (unpaired) electrons. The molecule has 0 aliphatic carbocycles. The lowest BCUT2D eigenvalue weighted by molar-refractivity contribution is -0.124. The molecule has 21 heavy (non-hydrogen) atoms. The minimum Gasteiger partial charge on any atom is -0.472 e. The summed E-state index contributed by atoms with van der Waals surface area (Å²) in [7, 11) is 0. The third kappa shape index (κ3) is 4.19. The summed E-state index contributed by atoms with van der Waals surface area (Å²) in [4.78, 5) is 24.9. The first-order valence-electron chi connectivity index (χ1n) is 6.71. The van der Waals surface area contributed by atoms with Crippen molar-refractivity contribution in [1.82, 2.24) is 10.6 Å². The second-order valence-electron chi connectivity index (χ2n) is 5.02. The molecule has 2 rings (SSSR count). The molecule has 2 heterocycles. The maximum atomic E-state index is 12.2. The fourth-order valence-corrected chi connectivity index (χ4v) is 2.47. The zero-order chi connectivity index (χ0) is 15.2. The minimum atomic E-state index is -0.563. The maximum absolute atomic E-state index is 12.2. The lowest BCUT2D eigenvalue weighted by Crippen LogP contribution is -2.49. The van der Waals surface area contributed by atoms with Crippen LogP contribution in [0.2, 0.25) is 0 Å². The van der Waals surface area contributed by atoms with Gasteiger partial charge in [-0.25, -0.2) is 0 Å². The lowest BCUT2D eigenvalue weighted by Gasteiger charge is -2.21. The third-order valence-corrected chi connectivity index (χ3v) is 3.90. The van der Waals surface area contributed by atoms with E-state index in [1.807, 2.05) is 25.3 Å². The average molecular weight is 306 g/mol. The van der Waals surface area contributed by atoms with Crippen LogP contribution in [0.3, 0.4) is 0 Å². The third-order valence-electron chi connectivity index (χ3n) is 3.03. The van der Waals surface area contributed by atoms with Gasteiger partial charge in [-0.15, -0.1) is 11.3 Å². The molecule has 0 aliphatic rings. The second kappa shape index (κ2) is 7.08. The van der Waals surface area contributed by atoms with E-state index >= 15 is 0 Å². The topological polar surface area (TPSA) is 71.3 Å². The van der Waals surface area contributed by atoms with Gasteiger partial charge in [-0.1, -0.05) is 19.9 Å². The van der Waals surface area contributed by atoms with Crippen LogP contribution in [0.4, 0.5) is 0 Å². The van der Waals surface area contributed by atoms with E-state index in [2.05, 4.69) is 10.6 Å². The van der Waals surface area contributed by atoms with Crippen LogP contribution in [-0.2, 0) is 11.3 Å². The van der Waals surface area contributed by atoms with Crippen molar-refractivity contribution < 1.29 is 14.0 Å². The molecule has 0 saturated carbocycles. The van der Waals surface area contributed by atoms with Crippen molar-refractivity contribution in [2.24, 2.45) is 5.92 Å². The zero-order valence-corrected chi connectivity index (χ0v) is 12.8. The first-order chi connectivity index (χ1) is 10.1. The van der Waals surface area contributed by atoms with E-state index in [-0.39, 0.29) is 17.7 Å². The molecular weight excluding hydrogens is 288 g/mol. The van der Waals surface area contributed by atoms with E-state index in [1.54, 1.807) is 24.7 Å². The minimum absolute atomic E-state index is 0.00161. The van der Waals surface area contributed by atoms with Crippen molar-refractivity contribution in [2.45, 2.75) is 26.4 Å². The highest BCUT2D eigenvalue weighted by Crippen LogP contribution is 2.10. The van der Waals surface area contributed by atoms with E-state index in [0.29, 0.717) is 11.4 Å². The van der Waals surface area contributed by atoms with Crippen LogP contribution in [-0.4, -0.2) is 17.9 Å². The predicted octanol–water partition coefficient (Wildman–Crippen LogP) is 2.41. The molecule has 2 aromatic heterocycles. The molecule has 112 valence electrons. The van der Waals surface area contributed by atoms with Gasteiger partial charge >= 0.3 is 0 Å². The summed E-state index contributed by atoms with van der Waals surface area (Å²) in [5.74, 6) is -0.420. The van der Waals surface area contributed by atoms with Gasteiger partial charge in [-0.2, -0.15) is 0 Å². The van der Waals surface area contributed by atoms with Crippen molar-refractivity contribution in [3.05, 3.63) is 46.5 Å².